The summed E-state index contributed by atoms with van der Waals surface area (Å²) in [5, 5.41) is 8.49. The molecule has 0 fully saturated rings. The summed E-state index contributed by atoms with van der Waals surface area (Å²) in [7, 11) is -6.40. The van der Waals surface area contributed by atoms with Crippen molar-refractivity contribution in [2.75, 3.05) is 5.73 Å². The Labute approximate surface area is 171 Å². The van der Waals surface area contributed by atoms with Crippen LogP contribution >= 0.6 is 0 Å². The molecule has 0 spiro atoms. The fourth-order valence-corrected chi connectivity index (χ4v) is 7.82. The monoisotopic (exact) mass is 423 g/mol. The molecular formula is C22H23N2O3SSi+. The zero-order chi connectivity index (χ0) is 21.1. The Morgan fingerprint density at radius 1 is 1.03 bits per heavy atom. The Morgan fingerprint density at radius 3 is 2.45 bits per heavy atom. The van der Waals surface area contributed by atoms with Crippen LogP contribution in [0.3, 0.4) is 0 Å². The van der Waals surface area contributed by atoms with E-state index < -0.39 is 18.2 Å². The van der Waals surface area contributed by atoms with Gasteiger partial charge in [-0.15, -0.1) is 0 Å². The van der Waals surface area contributed by atoms with Crippen LogP contribution in [-0.4, -0.2) is 26.8 Å². The van der Waals surface area contributed by atoms with Gasteiger partial charge in [-0.25, -0.2) is 0 Å². The molecule has 0 unspecified atom stereocenters. The van der Waals surface area contributed by atoms with Crippen LogP contribution in [0.15, 0.2) is 70.3 Å². The molecule has 2 aromatic rings. The summed E-state index contributed by atoms with van der Waals surface area (Å²) >= 11 is 0. The van der Waals surface area contributed by atoms with Crippen LogP contribution in [0, 0.1) is 6.92 Å². The van der Waals surface area contributed by atoms with Crippen molar-refractivity contribution in [2.24, 2.45) is 0 Å². The predicted molar refractivity (Wildman–Crippen MR) is 119 cm³/mol. The number of fused-ring (bicyclic) bond motifs is 2. The smallest absolute Gasteiger partial charge is 0.294 e. The van der Waals surface area contributed by atoms with Gasteiger partial charge in [0.25, 0.3) is 10.1 Å². The van der Waals surface area contributed by atoms with Crippen LogP contribution in [0.2, 0.25) is 13.1 Å². The van der Waals surface area contributed by atoms with Crippen LogP contribution in [-0.2, 0) is 10.1 Å². The lowest BCUT2D eigenvalue weighted by Crippen LogP contribution is -2.50. The van der Waals surface area contributed by atoms with E-state index in [1.807, 2.05) is 43.4 Å². The number of anilines is 1. The van der Waals surface area contributed by atoms with E-state index in [9.17, 15) is 13.0 Å². The van der Waals surface area contributed by atoms with Crippen molar-refractivity contribution in [3.8, 4) is 0 Å². The summed E-state index contributed by atoms with van der Waals surface area (Å²) < 4.78 is 33.2. The molecule has 4 rings (SSSR count). The maximum atomic E-state index is 11.8. The molecule has 0 saturated heterocycles. The Balaban J connectivity index is 2.14. The van der Waals surface area contributed by atoms with E-state index in [0.717, 1.165) is 27.8 Å². The fourth-order valence-electron chi connectivity index (χ4n) is 4.21. The largest absolute Gasteiger partial charge is 0.399 e. The lowest BCUT2D eigenvalue weighted by atomic mass is 9.87. The Morgan fingerprint density at radius 2 is 1.76 bits per heavy atom. The average Bonchev–Trinajstić information content (AvgIpc) is 2.63. The van der Waals surface area contributed by atoms with E-state index in [4.69, 9.17) is 11.1 Å². The molecule has 0 aromatic heterocycles. The molecule has 0 radical (unpaired) electrons. The minimum Gasteiger partial charge on any atom is -0.399 e. The van der Waals surface area contributed by atoms with Gasteiger partial charge < -0.3 is 5.73 Å². The second-order valence-electron chi connectivity index (χ2n) is 8.06. The first kappa shape index (κ1) is 19.6. The third-order valence-corrected chi connectivity index (χ3v) is 10.1. The van der Waals surface area contributed by atoms with E-state index in [1.54, 1.807) is 12.1 Å². The molecule has 5 N–H and O–H groups in total. The van der Waals surface area contributed by atoms with E-state index in [1.165, 1.54) is 16.4 Å². The standard InChI is InChI=1S/C22H22N2O3SSi/c1-13-4-7-16(28(25,26)27)12-19(13)22-17-8-5-14(23)10-20(17)29(2,3)21-11-15(24)6-9-18(21)22/h4-12,23H,24H2,1-3H3,(H,25,26,27)/p+1. The van der Waals surface area contributed by atoms with E-state index in [-0.39, 0.29) is 4.90 Å². The Hall–Kier alpha value is -2.74. The van der Waals surface area contributed by atoms with Crippen molar-refractivity contribution < 1.29 is 18.4 Å². The lowest BCUT2D eigenvalue weighted by molar-refractivity contribution is -0.110. The molecule has 1 heterocycles. The number of benzene rings is 2. The molecule has 1 aliphatic carbocycles. The molecule has 0 saturated carbocycles. The maximum Gasteiger partial charge on any atom is 0.294 e. The molecule has 29 heavy (non-hydrogen) atoms. The van der Waals surface area contributed by atoms with Crippen LogP contribution in [0.1, 0.15) is 16.7 Å². The van der Waals surface area contributed by atoms with Gasteiger partial charge >= 0.3 is 0 Å². The molecular weight excluding hydrogens is 400 g/mol. The molecule has 148 valence electrons. The zero-order valence-electron chi connectivity index (χ0n) is 16.5. The Bertz CT molecular complexity index is 1290. The summed E-state index contributed by atoms with van der Waals surface area (Å²) in [5.41, 5.74) is 12.2. The second-order valence-corrected chi connectivity index (χ2v) is 13.8. The first-order chi connectivity index (χ1) is 13.5. The van der Waals surface area contributed by atoms with Crippen LogP contribution < -0.4 is 16.3 Å². The molecule has 2 aliphatic rings. The summed E-state index contributed by atoms with van der Waals surface area (Å²) in [6.07, 6.45) is 5.90. The maximum absolute atomic E-state index is 11.8. The minimum atomic E-state index is -4.32. The number of rotatable bonds is 2. The van der Waals surface area contributed by atoms with Gasteiger partial charge in [0.1, 0.15) is 8.07 Å². The number of nitrogen functional groups attached to an aromatic ring is 1. The van der Waals surface area contributed by atoms with Gasteiger partial charge in [-0.3, -0.25) is 9.96 Å². The van der Waals surface area contributed by atoms with Gasteiger partial charge in [-0.05, 0) is 75.5 Å². The molecule has 2 aromatic carbocycles. The van der Waals surface area contributed by atoms with Gasteiger partial charge in [0, 0.05) is 17.8 Å². The third kappa shape index (κ3) is 3.11. The van der Waals surface area contributed by atoms with Crippen molar-refractivity contribution in [1.82, 2.24) is 0 Å². The number of aryl methyl sites for hydroxylation is 1. The van der Waals surface area contributed by atoms with Crippen molar-refractivity contribution in [3.05, 3.63) is 82.1 Å². The third-order valence-electron chi connectivity index (χ3n) is 5.75. The van der Waals surface area contributed by atoms with Crippen molar-refractivity contribution in [2.45, 2.75) is 24.9 Å². The van der Waals surface area contributed by atoms with Gasteiger partial charge in [0.05, 0.1) is 4.90 Å². The van der Waals surface area contributed by atoms with Crippen LogP contribution in [0.25, 0.3) is 5.57 Å². The van der Waals surface area contributed by atoms with Crippen LogP contribution in [0.5, 0.6) is 0 Å². The summed E-state index contributed by atoms with van der Waals surface area (Å²) in [6, 6.07) is 10.6. The minimum absolute atomic E-state index is 0.123. The van der Waals surface area contributed by atoms with Crippen LogP contribution in [0.4, 0.5) is 5.69 Å². The average molecular weight is 424 g/mol. The topological polar surface area (TPSA) is 106 Å². The second kappa shape index (κ2) is 6.38. The molecule has 1 aliphatic heterocycles. The van der Waals surface area contributed by atoms with E-state index in [2.05, 4.69) is 13.1 Å². The molecule has 0 amide bonds. The molecule has 0 atom stereocenters. The van der Waals surface area contributed by atoms with E-state index in [0.29, 0.717) is 11.4 Å². The van der Waals surface area contributed by atoms with Gasteiger partial charge in [0.2, 0.25) is 0 Å². The number of nitrogens with two attached hydrogens (primary N) is 2. The van der Waals surface area contributed by atoms with Crippen molar-refractivity contribution in [3.63, 3.8) is 0 Å². The lowest BCUT2D eigenvalue weighted by Gasteiger charge is -2.37. The van der Waals surface area contributed by atoms with Crippen molar-refractivity contribution >= 4 is 40.4 Å². The summed E-state index contributed by atoms with van der Waals surface area (Å²) in [4.78, 5) is -0.123. The fraction of sp³-hybridized carbons (Fsp3) is 0.136. The quantitative estimate of drug-likeness (QED) is 0.389. The highest BCUT2D eigenvalue weighted by molar-refractivity contribution is 7.85. The highest BCUT2D eigenvalue weighted by Crippen LogP contribution is 2.42. The SMILES string of the molecule is Cc1ccc(S(=O)(=O)O)cc1C1=C2C=CC(=[NH2+])C=C2[Si](C)(C)c2cc(N)ccc21. The summed E-state index contributed by atoms with van der Waals surface area (Å²) in [6.45, 7) is 6.46. The molecule has 7 heteroatoms. The zero-order valence-corrected chi connectivity index (χ0v) is 18.3. The van der Waals surface area contributed by atoms with Crippen molar-refractivity contribution in [1.29, 1.82) is 0 Å². The number of hydrogen-bond donors (Lipinski definition) is 3. The first-order valence-electron chi connectivity index (χ1n) is 9.26. The highest BCUT2D eigenvalue weighted by atomic mass is 32.2. The summed E-state index contributed by atoms with van der Waals surface area (Å²) in [5.74, 6) is 0. The molecule has 5 nitrogen and oxygen atoms in total. The molecule has 0 bridgehead atoms. The van der Waals surface area contributed by atoms with E-state index >= 15 is 0 Å². The normalized spacial score (nSPS) is 17.7. The predicted octanol–water partition coefficient (Wildman–Crippen LogP) is 1.79. The highest BCUT2D eigenvalue weighted by Gasteiger charge is 2.40. The number of allylic oxidation sites excluding steroid dienone is 5. The van der Waals surface area contributed by atoms with Gasteiger partial charge in [0.15, 0.2) is 5.71 Å². The Kier molecular flexibility index (Phi) is 4.31. The number of hydrogen-bond acceptors (Lipinski definition) is 3. The van der Waals surface area contributed by atoms with Gasteiger partial charge in [-0.1, -0.05) is 25.2 Å². The van der Waals surface area contributed by atoms with Gasteiger partial charge in [-0.2, -0.15) is 8.42 Å². The first-order valence-corrected chi connectivity index (χ1v) is 13.7.